The van der Waals surface area contributed by atoms with E-state index < -0.39 is 0 Å². The van der Waals surface area contributed by atoms with Crippen LogP contribution in [-0.4, -0.2) is 10.1 Å². The molecular weight excluding hydrogens is 176 g/mol. The molecule has 0 spiro atoms. The van der Waals surface area contributed by atoms with Gasteiger partial charge >= 0.3 is 0 Å². The Kier molecular flexibility index (Phi) is 2.31. The molecule has 0 N–H and O–H groups in total. The van der Waals surface area contributed by atoms with E-state index in [9.17, 15) is 0 Å². The zero-order valence-corrected chi connectivity index (χ0v) is 8.32. The summed E-state index contributed by atoms with van der Waals surface area (Å²) in [5.41, 5.74) is 3.38. The van der Waals surface area contributed by atoms with Crippen LogP contribution < -0.4 is 0 Å². The van der Waals surface area contributed by atoms with Gasteiger partial charge in [-0.2, -0.15) is 0 Å². The summed E-state index contributed by atoms with van der Waals surface area (Å²) in [4.78, 5) is 3.98. The molecule has 0 bridgehead atoms. The van der Waals surface area contributed by atoms with Crippen LogP contribution in [0.3, 0.4) is 0 Å². The van der Waals surface area contributed by atoms with E-state index in [0.29, 0.717) is 0 Å². The summed E-state index contributed by atoms with van der Waals surface area (Å²) in [7, 11) is 0. The Bertz CT molecular complexity index is 401. The van der Waals surface area contributed by atoms with Gasteiger partial charge in [-0.15, -0.1) is 0 Å². The van der Waals surface area contributed by atoms with Crippen molar-refractivity contribution in [2.75, 3.05) is 0 Å². The van der Waals surface area contributed by atoms with Crippen LogP contribution >= 0.6 is 0 Å². The molecule has 2 heterocycles. The topological polar surface area (TPSA) is 38.9 Å². The third kappa shape index (κ3) is 1.66. The molecule has 72 valence electrons. The van der Waals surface area contributed by atoms with Crippen LogP contribution in [-0.2, 0) is 6.42 Å². The Morgan fingerprint density at radius 2 is 1.93 bits per heavy atom. The van der Waals surface area contributed by atoms with Gasteiger partial charge in [-0.1, -0.05) is 5.16 Å². The van der Waals surface area contributed by atoms with Crippen LogP contribution in [0.25, 0.3) is 0 Å². The Labute approximate surface area is 82.8 Å². The smallest absolute Gasteiger partial charge is 0.137 e. The average Bonchev–Trinajstić information content (AvgIpc) is 2.51. The number of nitrogens with zero attached hydrogens (tertiary/aromatic N) is 2. The maximum absolute atomic E-state index is 5.10. The van der Waals surface area contributed by atoms with Crippen LogP contribution in [0, 0.1) is 13.8 Å². The highest BCUT2D eigenvalue weighted by Gasteiger charge is 2.08. The van der Waals surface area contributed by atoms with E-state index in [1.54, 1.807) is 12.4 Å². The summed E-state index contributed by atoms with van der Waals surface area (Å²) in [6.45, 7) is 3.91. The minimum atomic E-state index is 0.865. The van der Waals surface area contributed by atoms with Gasteiger partial charge in [0.05, 0.1) is 5.69 Å². The summed E-state index contributed by atoms with van der Waals surface area (Å²) < 4.78 is 5.10. The second-order valence-corrected chi connectivity index (χ2v) is 3.33. The Morgan fingerprint density at radius 1 is 1.21 bits per heavy atom. The first kappa shape index (κ1) is 8.94. The standard InChI is InChI=1S/C11H12N2O/c1-8-11(9(2)14-13-8)7-10-3-5-12-6-4-10/h3-6H,7H2,1-2H3. The Balaban J connectivity index is 2.27. The number of rotatable bonds is 2. The molecule has 2 aromatic rings. The zero-order chi connectivity index (χ0) is 9.97. The molecule has 0 aliphatic carbocycles. The minimum Gasteiger partial charge on any atom is -0.361 e. The molecule has 0 saturated carbocycles. The van der Waals surface area contributed by atoms with E-state index in [1.807, 2.05) is 26.0 Å². The lowest BCUT2D eigenvalue weighted by Gasteiger charge is -1.99. The fourth-order valence-corrected chi connectivity index (χ4v) is 1.46. The van der Waals surface area contributed by atoms with Crippen LogP contribution in [0.15, 0.2) is 29.0 Å². The number of aryl methyl sites for hydroxylation is 2. The predicted octanol–water partition coefficient (Wildman–Crippen LogP) is 2.28. The molecule has 0 unspecified atom stereocenters. The normalized spacial score (nSPS) is 10.4. The Morgan fingerprint density at radius 3 is 2.50 bits per heavy atom. The molecule has 0 saturated heterocycles. The van der Waals surface area contributed by atoms with E-state index in [1.165, 1.54) is 11.1 Å². The molecule has 3 nitrogen and oxygen atoms in total. The number of hydrogen-bond acceptors (Lipinski definition) is 3. The highest BCUT2D eigenvalue weighted by molar-refractivity contribution is 5.28. The number of pyridine rings is 1. The summed E-state index contributed by atoms with van der Waals surface area (Å²) in [6, 6.07) is 4.01. The monoisotopic (exact) mass is 188 g/mol. The molecule has 0 amide bonds. The predicted molar refractivity (Wildman–Crippen MR) is 53.0 cm³/mol. The van der Waals surface area contributed by atoms with Crippen molar-refractivity contribution in [3.05, 3.63) is 47.1 Å². The fraction of sp³-hybridized carbons (Fsp3) is 0.273. The van der Waals surface area contributed by atoms with Gasteiger partial charge in [0.1, 0.15) is 5.76 Å². The van der Waals surface area contributed by atoms with Gasteiger partial charge in [0, 0.05) is 24.4 Å². The van der Waals surface area contributed by atoms with Crippen molar-refractivity contribution in [1.29, 1.82) is 0 Å². The maximum atomic E-state index is 5.10. The quantitative estimate of drug-likeness (QED) is 0.725. The van der Waals surface area contributed by atoms with E-state index in [2.05, 4.69) is 10.1 Å². The summed E-state index contributed by atoms with van der Waals surface area (Å²) in [5, 5.41) is 3.92. The molecule has 0 atom stereocenters. The highest BCUT2D eigenvalue weighted by Crippen LogP contribution is 2.16. The van der Waals surface area contributed by atoms with E-state index >= 15 is 0 Å². The average molecular weight is 188 g/mol. The van der Waals surface area contributed by atoms with Crippen LogP contribution in [0.1, 0.15) is 22.6 Å². The molecule has 14 heavy (non-hydrogen) atoms. The van der Waals surface area contributed by atoms with Gasteiger partial charge in [0.25, 0.3) is 0 Å². The van der Waals surface area contributed by atoms with E-state index in [4.69, 9.17) is 4.52 Å². The second kappa shape index (κ2) is 3.62. The van der Waals surface area contributed by atoms with Crippen molar-refractivity contribution < 1.29 is 4.52 Å². The molecule has 2 rings (SSSR count). The third-order valence-electron chi connectivity index (χ3n) is 2.31. The maximum Gasteiger partial charge on any atom is 0.137 e. The van der Waals surface area contributed by atoms with Gasteiger partial charge in [-0.25, -0.2) is 0 Å². The lowest BCUT2D eigenvalue weighted by Crippen LogP contribution is -1.91. The van der Waals surface area contributed by atoms with Crippen LogP contribution in [0.4, 0.5) is 0 Å². The van der Waals surface area contributed by atoms with Crippen molar-refractivity contribution in [3.63, 3.8) is 0 Å². The minimum absolute atomic E-state index is 0.865. The summed E-state index contributed by atoms with van der Waals surface area (Å²) in [6.07, 6.45) is 4.46. The van der Waals surface area contributed by atoms with Gasteiger partial charge < -0.3 is 4.52 Å². The summed E-state index contributed by atoms with van der Waals surface area (Å²) >= 11 is 0. The lowest BCUT2D eigenvalue weighted by molar-refractivity contribution is 0.392. The Hall–Kier alpha value is -1.64. The molecular formula is C11H12N2O. The van der Waals surface area contributed by atoms with Crippen molar-refractivity contribution in [2.45, 2.75) is 20.3 Å². The first-order valence-corrected chi connectivity index (χ1v) is 4.58. The largest absolute Gasteiger partial charge is 0.361 e. The van der Waals surface area contributed by atoms with Crippen molar-refractivity contribution >= 4 is 0 Å². The molecule has 3 heteroatoms. The third-order valence-corrected chi connectivity index (χ3v) is 2.31. The number of hydrogen-bond donors (Lipinski definition) is 0. The molecule has 0 aromatic carbocycles. The summed E-state index contributed by atoms with van der Waals surface area (Å²) in [5.74, 6) is 0.902. The first-order valence-electron chi connectivity index (χ1n) is 4.58. The van der Waals surface area contributed by atoms with Gasteiger partial charge in [0.2, 0.25) is 0 Å². The highest BCUT2D eigenvalue weighted by atomic mass is 16.5. The van der Waals surface area contributed by atoms with Crippen molar-refractivity contribution in [1.82, 2.24) is 10.1 Å². The second-order valence-electron chi connectivity index (χ2n) is 3.33. The van der Waals surface area contributed by atoms with Crippen LogP contribution in [0.5, 0.6) is 0 Å². The van der Waals surface area contributed by atoms with Gasteiger partial charge in [0.15, 0.2) is 0 Å². The molecule has 0 fully saturated rings. The molecule has 2 aromatic heterocycles. The lowest BCUT2D eigenvalue weighted by atomic mass is 10.1. The molecule has 0 aliphatic rings. The number of aromatic nitrogens is 2. The van der Waals surface area contributed by atoms with E-state index in [0.717, 1.165) is 17.9 Å². The van der Waals surface area contributed by atoms with Crippen molar-refractivity contribution in [2.24, 2.45) is 0 Å². The van der Waals surface area contributed by atoms with E-state index in [-0.39, 0.29) is 0 Å². The molecule has 0 aliphatic heterocycles. The van der Waals surface area contributed by atoms with Gasteiger partial charge in [-0.05, 0) is 31.5 Å². The first-order chi connectivity index (χ1) is 6.77. The van der Waals surface area contributed by atoms with Crippen LogP contribution in [0.2, 0.25) is 0 Å². The van der Waals surface area contributed by atoms with Crippen molar-refractivity contribution in [3.8, 4) is 0 Å². The molecule has 0 radical (unpaired) electrons. The fourth-order valence-electron chi connectivity index (χ4n) is 1.46. The zero-order valence-electron chi connectivity index (χ0n) is 8.32. The SMILES string of the molecule is Cc1noc(C)c1Cc1ccncc1. The van der Waals surface area contributed by atoms with Gasteiger partial charge in [-0.3, -0.25) is 4.98 Å².